The molecule has 0 radical (unpaired) electrons. The molecule has 0 unspecified atom stereocenters. The van der Waals surface area contributed by atoms with Crippen molar-refractivity contribution in [2.45, 2.75) is 25.8 Å². The molecule has 3 N–H and O–H groups in total. The number of hydrogen-bond acceptors (Lipinski definition) is 4. The monoisotopic (exact) mass is 254 g/mol. The molecule has 1 amide bonds. The number of nitrogen functional groups attached to an aromatic ring is 1. The SMILES string of the molecule is NNc1ccc(Cl)c(CN2CCCCC2=O)n1. The average Bonchev–Trinajstić information content (AvgIpc) is 2.35. The van der Waals surface area contributed by atoms with Gasteiger partial charge in [0.15, 0.2) is 0 Å². The standard InChI is InChI=1S/C11H15ClN4O/c12-8-4-5-10(15-13)14-9(8)7-16-6-2-1-3-11(16)17/h4-5H,1-3,6-7,13H2,(H,14,15). The van der Waals surface area contributed by atoms with Crippen LogP contribution in [0.4, 0.5) is 5.82 Å². The predicted molar refractivity (Wildman–Crippen MR) is 66.3 cm³/mol. The van der Waals surface area contributed by atoms with Gasteiger partial charge in [-0.2, -0.15) is 0 Å². The Labute approximate surface area is 105 Å². The maximum atomic E-state index is 11.7. The Hall–Kier alpha value is -1.33. The van der Waals surface area contributed by atoms with Gasteiger partial charge in [0.1, 0.15) is 5.82 Å². The van der Waals surface area contributed by atoms with Crippen LogP contribution in [0.15, 0.2) is 12.1 Å². The number of carbonyl (C=O) groups is 1. The van der Waals surface area contributed by atoms with Gasteiger partial charge < -0.3 is 10.3 Å². The third-order valence-electron chi connectivity index (χ3n) is 2.83. The number of anilines is 1. The number of hydrazine groups is 1. The number of nitrogens with two attached hydrogens (primary N) is 1. The lowest BCUT2D eigenvalue weighted by Gasteiger charge is -2.26. The molecule has 0 saturated carbocycles. The molecule has 1 aliphatic heterocycles. The number of halogens is 1. The second-order valence-electron chi connectivity index (χ2n) is 4.04. The highest BCUT2D eigenvalue weighted by Crippen LogP contribution is 2.20. The van der Waals surface area contributed by atoms with Gasteiger partial charge in [0.2, 0.25) is 5.91 Å². The highest BCUT2D eigenvalue weighted by molar-refractivity contribution is 6.31. The number of likely N-dealkylation sites (tertiary alicyclic amines) is 1. The molecule has 92 valence electrons. The van der Waals surface area contributed by atoms with Crippen LogP contribution < -0.4 is 11.3 Å². The first-order chi connectivity index (χ1) is 8.20. The largest absolute Gasteiger partial charge is 0.337 e. The molecule has 2 heterocycles. The first kappa shape index (κ1) is 12.1. The minimum atomic E-state index is 0.167. The number of nitrogens with one attached hydrogen (secondary N) is 1. The zero-order valence-electron chi connectivity index (χ0n) is 9.45. The minimum Gasteiger partial charge on any atom is -0.337 e. The number of aromatic nitrogens is 1. The van der Waals surface area contributed by atoms with E-state index in [1.807, 2.05) is 0 Å². The van der Waals surface area contributed by atoms with Crippen molar-refractivity contribution in [3.8, 4) is 0 Å². The Bertz CT molecular complexity index is 424. The molecule has 0 aliphatic carbocycles. The predicted octanol–water partition coefficient (Wildman–Crippen LogP) is 1.53. The molecule has 17 heavy (non-hydrogen) atoms. The van der Waals surface area contributed by atoms with Crippen molar-refractivity contribution in [1.29, 1.82) is 0 Å². The topological polar surface area (TPSA) is 71.2 Å². The van der Waals surface area contributed by atoms with Crippen molar-refractivity contribution in [3.05, 3.63) is 22.8 Å². The van der Waals surface area contributed by atoms with Gasteiger partial charge in [-0.15, -0.1) is 0 Å². The Balaban J connectivity index is 2.14. The second-order valence-corrected chi connectivity index (χ2v) is 4.45. The van der Waals surface area contributed by atoms with Crippen LogP contribution in [0.3, 0.4) is 0 Å². The Morgan fingerprint density at radius 2 is 2.29 bits per heavy atom. The molecule has 0 bridgehead atoms. The van der Waals surface area contributed by atoms with Crippen LogP contribution in [0.2, 0.25) is 5.02 Å². The van der Waals surface area contributed by atoms with E-state index in [-0.39, 0.29) is 5.91 Å². The van der Waals surface area contributed by atoms with E-state index < -0.39 is 0 Å². The zero-order chi connectivity index (χ0) is 12.3. The van der Waals surface area contributed by atoms with Gasteiger partial charge in [-0.1, -0.05) is 11.6 Å². The molecular weight excluding hydrogens is 240 g/mol. The number of piperidine rings is 1. The second kappa shape index (κ2) is 5.33. The molecule has 1 aliphatic rings. The summed E-state index contributed by atoms with van der Waals surface area (Å²) < 4.78 is 0. The number of carbonyl (C=O) groups excluding carboxylic acids is 1. The number of amides is 1. The van der Waals surface area contributed by atoms with Gasteiger partial charge in [0.25, 0.3) is 0 Å². The molecule has 1 fully saturated rings. The fourth-order valence-corrected chi connectivity index (χ4v) is 2.05. The number of hydrogen-bond donors (Lipinski definition) is 2. The summed E-state index contributed by atoms with van der Waals surface area (Å²) in [6, 6.07) is 3.43. The van der Waals surface area contributed by atoms with E-state index in [4.69, 9.17) is 17.4 Å². The molecule has 1 saturated heterocycles. The molecule has 6 heteroatoms. The zero-order valence-corrected chi connectivity index (χ0v) is 10.2. The summed E-state index contributed by atoms with van der Waals surface area (Å²) in [5.41, 5.74) is 3.15. The highest BCUT2D eigenvalue weighted by atomic mass is 35.5. The van der Waals surface area contributed by atoms with Crippen LogP contribution in [0, 0.1) is 0 Å². The van der Waals surface area contributed by atoms with Crippen LogP contribution in [0.1, 0.15) is 25.0 Å². The van der Waals surface area contributed by atoms with Crippen molar-refractivity contribution in [3.63, 3.8) is 0 Å². The van der Waals surface area contributed by atoms with Crippen molar-refractivity contribution in [2.24, 2.45) is 5.84 Å². The van der Waals surface area contributed by atoms with Gasteiger partial charge in [-0.05, 0) is 25.0 Å². The van der Waals surface area contributed by atoms with Crippen LogP contribution in [-0.2, 0) is 11.3 Å². The third kappa shape index (κ3) is 2.87. The summed E-state index contributed by atoms with van der Waals surface area (Å²) >= 11 is 6.05. The fourth-order valence-electron chi connectivity index (χ4n) is 1.89. The van der Waals surface area contributed by atoms with Crippen LogP contribution >= 0.6 is 11.6 Å². The highest BCUT2D eigenvalue weighted by Gasteiger charge is 2.19. The maximum absolute atomic E-state index is 11.7. The van der Waals surface area contributed by atoms with Crippen LogP contribution in [0.5, 0.6) is 0 Å². The van der Waals surface area contributed by atoms with E-state index >= 15 is 0 Å². The van der Waals surface area contributed by atoms with Crippen molar-refractivity contribution >= 4 is 23.3 Å². The number of rotatable bonds is 3. The smallest absolute Gasteiger partial charge is 0.222 e. The van der Waals surface area contributed by atoms with Crippen molar-refractivity contribution in [1.82, 2.24) is 9.88 Å². The Morgan fingerprint density at radius 1 is 1.47 bits per heavy atom. The van der Waals surface area contributed by atoms with Crippen molar-refractivity contribution < 1.29 is 4.79 Å². The maximum Gasteiger partial charge on any atom is 0.222 e. The lowest BCUT2D eigenvalue weighted by atomic mass is 10.1. The first-order valence-electron chi connectivity index (χ1n) is 5.60. The molecule has 0 atom stereocenters. The van der Waals surface area contributed by atoms with E-state index in [1.54, 1.807) is 17.0 Å². The summed E-state index contributed by atoms with van der Waals surface area (Å²) in [5.74, 6) is 6.01. The first-order valence-corrected chi connectivity index (χ1v) is 5.98. The minimum absolute atomic E-state index is 0.167. The molecule has 0 aromatic carbocycles. The quantitative estimate of drug-likeness (QED) is 0.634. The summed E-state index contributed by atoms with van der Waals surface area (Å²) in [6.45, 7) is 1.23. The lowest BCUT2D eigenvalue weighted by molar-refractivity contribution is -0.133. The van der Waals surface area contributed by atoms with E-state index in [0.29, 0.717) is 29.5 Å². The lowest BCUT2D eigenvalue weighted by Crippen LogP contribution is -2.35. The molecule has 2 rings (SSSR count). The van der Waals surface area contributed by atoms with E-state index in [9.17, 15) is 4.79 Å². The van der Waals surface area contributed by atoms with Gasteiger partial charge in [-0.25, -0.2) is 10.8 Å². The summed E-state index contributed by atoms with van der Waals surface area (Å²) in [7, 11) is 0. The molecule has 0 spiro atoms. The molecule has 1 aromatic rings. The number of nitrogens with zero attached hydrogens (tertiary/aromatic N) is 2. The Morgan fingerprint density at radius 3 is 3.00 bits per heavy atom. The van der Waals surface area contributed by atoms with Gasteiger partial charge >= 0.3 is 0 Å². The van der Waals surface area contributed by atoms with Crippen LogP contribution in [-0.4, -0.2) is 22.3 Å². The normalized spacial score (nSPS) is 16.1. The van der Waals surface area contributed by atoms with E-state index in [0.717, 1.165) is 19.4 Å². The molecular formula is C11H15ClN4O. The van der Waals surface area contributed by atoms with Crippen LogP contribution in [0.25, 0.3) is 0 Å². The Kier molecular flexibility index (Phi) is 3.81. The summed E-state index contributed by atoms with van der Waals surface area (Å²) in [6.07, 6.45) is 2.63. The number of pyridine rings is 1. The van der Waals surface area contributed by atoms with Gasteiger partial charge in [0.05, 0.1) is 17.3 Å². The average molecular weight is 255 g/mol. The van der Waals surface area contributed by atoms with Gasteiger partial charge in [-0.3, -0.25) is 4.79 Å². The summed E-state index contributed by atoms with van der Waals surface area (Å²) in [5, 5.41) is 0.558. The molecule has 1 aromatic heterocycles. The van der Waals surface area contributed by atoms with E-state index in [1.165, 1.54) is 0 Å². The van der Waals surface area contributed by atoms with Gasteiger partial charge in [0, 0.05) is 13.0 Å². The third-order valence-corrected chi connectivity index (χ3v) is 3.17. The van der Waals surface area contributed by atoms with E-state index in [2.05, 4.69) is 10.4 Å². The molecule has 5 nitrogen and oxygen atoms in total. The summed E-state index contributed by atoms with van der Waals surface area (Å²) in [4.78, 5) is 17.7. The fraction of sp³-hybridized carbons (Fsp3) is 0.455. The van der Waals surface area contributed by atoms with Crippen molar-refractivity contribution in [2.75, 3.05) is 12.0 Å².